The second kappa shape index (κ2) is 20.7. The Morgan fingerprint density at radius 3 is 1.12 bits per heavy atom. The van der Waals surface area contributed by atoms with Crippen molar-refractivity contribution < 1.29 is 29.7 Å². The second-order valence-corrected chi connectivity index (χ2v) is 21.1. The van der Waals surface area contributed by atoms with Crippen LogP contribution < -0.4 is 0 Å². The first-order valence-corrected chi connectivity index (χ1v) is 30.4. The predicted octanol–water partition coefficient (Wildman–Crippen LogP) is 17.4. The van der Waals surface area contributed by atoms with Crippen LogP contribution in [-0.4, -0.2) is 9.52 Å². The molecule has 0 bridgehead atoms. The Morgan fingerprint density at radius 2 is 0.766 bits per heavy atom. The number of fused-ring (bicyclic) bond motifs is 4. The van der Waals surface area contributed by atoms with Crippen molar-refractivity contribution in [3.05, 3.63) is 204 Å². The van der Waals surface area contributed by atoms with Gasteiger partial charge in [-0.15, -0.1) is 57.9 Å². The minimum absolute atomic E-state index is 0.826. The van der Waals surface area contributed by atoms with E-state index in [9.17, 15) is 0 Å². The summed E-state index contributed by atoms with van der Waals surface area (Å²) < 4.78 is 12.5. The number of rotatable bonds is 6. The summed E-state index contributed by atoms with van der Waals surface area (Å²) in [5.74, 6) is 3.69. The van der Waals surface area contributed by atoms with Crippen molar-refractivity contribution in [2.45, 2.75) is 51.6 Å². The Kier molecular flexibility index (Phi) is 14.3. The van der Waals surface area contributed by atoms with Crippen LogP contribution in [0.25, 0.3) is 89.1 Å². The molecule has 0 saturated carbocycles. The van der Waals surface area contributed by atoms with Crippen LogP contribution in [0.4, 0.5) is 0 Å². The molecule has 2 aromatic heterocycles. The van der Waals surface area contributed by atoms with Gasteiger partial charge in [-0.05, 0) is 85.0 Å². The van der Waals surface area contributed by atoms with E-state index in [1.165, 1.54) is 105 Å². The van der Waals surface area contributed by atoms with Gasteiger partial charge in [0.25, 0.3) is 0 Å². The third kappa shape index (κ3) is 9.44. The molecule has 12 rings (SSSR count). The summed E-state index contributed by atoms with van der Waals surface area (Å²) in [6, 6.07) is 64.6. The molecule has 2 heterocycles. The van der Waals surface area contributed by atoms with Crippen LogP contribution in [0.2, 0.25) is 13.1 Å². The molecule has 0 unspecified atom stereocenters. The molecule has 2 aliphatic rings. The molecule has 0 atom stereocenters. The average molecular weight is 967 g/mol. The fourth-order valence-electron chi connectivity index (χ4n) is 9.50. The quantitative estimate of drug-likeness (QED) is 0.123. The van der Waals surface area contributed by atoms with E-state index in [1.54, 1.807) is 0 Å². The van der Waals surface area contributed by atoms with Crippen LogP contribution in [0.15, 0.2) is 191 Å². The van der Waals surface area contributed by atoms with Gasteiger partial charge in [-0.3, -0.25) is 0 Å². The third-order valence-corrected chi connectivity index (χ3v) is 12.2. The largest absolute Gasteiger partial charge is 0.491 e. The molecule has 0 aliphatic heterocycles. The molecule has 0 fully saturated rings. The van der Waals surface area contributed by atoms with Gasteiger partial charge in [-0.2, -0.15) is 0 Å². The van der Waals surface area contributed by atoms with Crippen molar-refractivity contribution in [2.24, 2.45) is 0 Å². The number of hydrogen-bond donors (Lipinski definition) is 0. The number of aryl methyl sites for hydroxylation is 2. The number of hydrogen-bond acceptors (Lipinski definition) is 2. The molecule has 6 heteroatoms. The standard InChI is InChI=1S/2C28H21O.C2H6Si.2ClH.Zr/c2*1-3-8-19(9-4-1)26-14-15-27(29-26)23-17-22-16-21-12-7-13-24(21)28(25(22)18-23)20-10-5-2-6-11-20;1-3-2;;;/h2*1-6,8-11,14-18H,7,12-13H2;1-2H3;2*1H;/q2*-1;;;;+4/p-2. The first-order valence-electron chi connectivity index (χ1n) is 22.0. The third-order valence-electron chi connectivity index (χ3n) is 12.2. The van der Waals surface area contributed by atoms with E-state index in [2.05, 4.69) is 159 Å². The molecule has 0 N–H and O–H groups in total. The maximum Gasteiger partial charge on any atom is 0.123 e. The van der Waals surface area contributed by atoms with Gasteiger partial charge < -0.3 is 8.83 Å². The van der Waals surface area contributed by atoms with Crippen LogP contribution in [0.1, 0.15) is 35.1 Å². The van der Waals surface area contributed by atoms with Gasteiger partial charge in [-0.1, -0.05) is 168 Å². The summed E-state index contributed by atoms with van der Waals surface area (Å²) >= 11 is -0.826. The van der Waals surface area contributed by atoms with E-state index >= 15 is 0 Å². The molecular weight excluding hydrogens is 919 g/mol. The SMILES string of the molecule is C[Si]C.[Cl][Zr+2][Cl].c1ccc(-c2ccc(-c3cc4c(-c5ccccc5)c5c(cc4[cH-]3)CCC5)o2)cc1.c1ccc(-c2ccc(-c3cc4c(-c5ccccc5)c5c(cc4[cH-]3)CCC5)o2)cc1. The maximum absolute atomic E-state index is 6.23. The van der Waals surface area contributed by atoms with Crippen molar-refractivity contribution in [3.63, 3.8) is 0 Å². The molecule has 2 radical (unpaired) electrons. The molecule has 314 valence electrons. The van der Waals surface area contributed by atoms with Gasteiger partial charge in [0.2, 0.25) is 0 Å². The van der Waals surface area contributed by atoms with Gasteiger partial charge in [0.15, 0.2) is 0 Å². The summed E-state index contributed by atoms with van der Waals surface area (Å²) in [5.41, 5.74) is 16.1. The van der Waals surface area contributed by atoms with Crippen LogP contribution in [0.3, 0.4) is 0 Å². The number of halogens is 2. The average Bonchev–Trinajstić information content (AvgIpc) is 4.21. The molecule has 0 amide bonds. The first kappa shape index (κ1) is 44.0. The van der Waals surface area contributed by atoms with Crippen molar-refractivity contribution in [1.82, 2.24) is 0 Å². The van der Waals surface area contributed by atoms with E-state index in [0.717, 1.165) is 54.8 Å². The van der Waals surface area contributed by atoms with Gasteiger partial charge in [0.05, 0.1) is 11.5 Å². The summed E-state index contributed by atoms with van der Waals surface area (Å²) in [6.45, 7) is 4.31. The zero-order valence-corrected chi connectivity index (χ0v) is 41.1. The fourth-order valence-corrected chi connectivity index (χ4v) is 9.50. The smallest absolute Gasteiger partial charge is 0.123 e. The van der Waals surface area contributed by atoms with Crippen molar-refractivity contribution >= 4 is 48.1 Å². The second-order valence-electron chi connectivity index (χ2n) is 16.3. The molecule has 2 aliphatic carbocycles. The zero-order valence-electron chi connectivity index (χ0n) is 36.1. The fraction of sp³-hybridized carbons (Fsp3) is 0.138. The van der Waals surface area contributed by atoms with E-state index in [1.807, 2.05) is 36.4 Å². The topological polar surface area (TPSA) is 26.3 Å². The molecule has 10 aromatic rings. The minimum Gasteiger partial charge on any atom is -0.491 e. The van der Waals surface area contributed by atoms with E-state index in [4.69, 9.17) is 25.9 Å². The number of benzene rings is 6. The van der Waals surface area contributed by atoms with Crippen LogP contribution >= 0.6 is 17.0 Å². The summed E-state index contributed by atoms with van der Waals surface area (Å²) in [5, 5.41) is 5.31. The molecule has 2 nitrogen and oxygen atoms in total. The molecular formula is C58H48Cl2O2SiZr. The molecule has 8 aromatic carbocycles. The Morgan fingerprint density at radius 1 is 0.438 bits per heavy atom. The van der Waals surface area contributed by atoms with Gasteiger partial charge in [0.1, 0.15) is 11.5 Å². The summed E-state index contributed by atoms with van der Waals surface area (Å²) in [7, 11) is 11.0. The normalized spacial score (nSPS) is 12.3. The first-order chi connectivity index (χ1) is 31.6. The zero-order chi connectivity index (χ0) is 43.8. The van der Waals surface area contributed by atoms with Gasteiger partial charge >= 0.3 is 37.9 Å². The van der Waals surface area contributed by atoms with E-state index in [-0.39, 0.29) is 0 Å². The minimum atomic E-state index is -0.826. The van der Waals surface area contributed by atoms with Crippen LogP contribution in [0, 0.1) is 0 Å². The number of furan rings is 2. The maximum atomic E-state index is 6.23. The predicted molar refractivity (Wildman–Crippen MR) is 269 cm³/mol. The van der Waals surface area contributed by atoms with Crippen molar-refractivity contribution in [3.8, 4) is 67.5 Å². The van der Waals surface area contributed by atoms with Crippen molar-refractivity contribution in [1.29, 1.82) is 0 Å². The summed E-state index contributed by atoms with van der Waals surface area (Å²) in [4.78, 5) is 0. The molecule has 64 heavy (non-hydrogen) atoms. The Bertz CT molecular complexity index is 2880. The van der Waals surface area contributed by atoms with E-state index in [0.29, 0.717) is 0 Å². The van der Waals surface area contributed by atoms with Crippen LogP contribution in [-0.2, 0) is 46.5 Å². The summed E-state index contributed by atoms with van der Waals surface area (Å²) in [6.07, 6.45) is 7.24. The Balaban J connectivity index is 0.000000145. The monoisotopic (exact) mass is 964 g/mol. The van der Waals surface area contributed by atoms with Gasteiger partial charge in [-0.25, -0.2) is 0 Å². The van der Waals surface area contributed by atoms with E-state index < -0.39 is 20.8 Å². The molecule has 0 spiro atoms. The Labute approximate surface area is 398 Å². The van der Waals surface area contributed by atoms with Crippen LogP contribution in [0.5, 0.6) is 0 Å². The molecule has 0 saturated heterocycles. The Hall–Kier alpha value is -5.22. The van der Waals surface area contributed by atoms with Gasteiger partial charge in [0, 0.05) is 20.6 Å². The van der Waals surface area contributed by atoms with Crippen molar-refractivity contribution in [2.75, 3.05) is 0 Å².